The van der Waals surface area contributed by atoms with Gasteiger partial charge in [-0.3, -0.25) is 9.59 Å². The number of aromatic nitrogens is 2. The van der Waals surface area contributed by atoms with Gasteiger partial charge in [-0.1, -0.05) is 47.5 Å². The molecule has 0 saturated heterocycles. The summed E-state index contributed by atoms with van der Waals surface area (Å²) in [5.74, 6) is -0.570. The van der Waals surface area contributed by atoms with Crippen LogP contribution in [0.4, 0.5) is 21.0 Å². The number of nitrogens with zero attached hydrogens (tertiary/aromatic N) is 4. The van der Waals surface area contributed by atoms with E-state index in [2.05, 4.69) is 10.2 Å². The molecule has 6 N–H and O–H groups in total. The summed E-state index contributed by atoms with van der Waals surface area (Å²) in [4.78, 5) is 55.2. The quantitative estimate of drug-likeness (QED) is 0.0891. The van der Waals surface area contributed by atoms with E-state index in [9.17, 15) is 29.4 Å². The standard InChI is InChI=1S/C54H40Cl2N6O11/c1-69-45-25-47(71-3)41(55)23-37(45)31-7-5-29-21-43(63)39(19-33(29)17-31)51(65)61(53(57)67)35-13-9-27(10-14-35)49-59-60-50(73-49)28-11-15-36(16-12-28)62(54(58)68)52(66)40-20-34-18-32(8-6-30(34)22-44(40)64)38-24-42(56)48(72-4)26-46(38)70-2/h5-26,63-64H,1-4H3,(H2,57,67)(H2,58,68). The topological polar surface area (TPSA) is 243 Å². The van der Waals surface area contributed by atoms with Crippen LogP contribution >= 0.6 is 23.2 Å². The molecule has 0 aliphatic rings. The van der Waals surface area contributed by atoms with Gasteiger partial charge in [-0.2, -0.15) is 0 Å². The van der Waals surface area contributed by atoms with Gasteiger partial charge < -0.3 is 45.0 Å². The first kappa shape index (κ1) is 48.7. The van der Waals surface area contributed by atoms with Crippen molar-refractivity contribution in [2.75, 3.05) is 38.2 Å². The number of phenols is 2. The number of primary amides is 2. The normalized spacial score (nSPS) is 11.0. The average Bonchev–Trinajstić information content (AvgIpc) is 3.88. The number of halogens is 2. The van der Waals surface area contributed by atoms with Crippen LogP contribution in [0.5, 0.6) is 34.5 Å². The Morgan fingerprint density at radius 2 is 0.822 bits per heavy atom. The minimum atomic E-state index is -1.11. The summed E-state index contributed by atoms with van der Waals surface area (Å²) in [6.07, 6.45) is 0. The molecule has 19 heteroatoms. The largest absolute Gasteiger partial charge is 0.507 e. The van der Waals surface area contributed by atoms with Crippen molar-refractivity contribution in [3.63, 3.8) is 0 Å². The predicted molar refractivity (Wildman–Crippen MR) is 276 cm³/mol. The van der Waals surface area contributed by atoms with E-state index in [4.69, 9.17) is 58.0 Å². The van der Waals surface area contributed by atoms with E-state index in [1.807, 2.05) is 12.1 Å². The van der Waals surface area contributed by atoms with Crippen molar-refractivity contribution >= 4 is 80.0 Å². The highest BCUT2D eigenvalue weighted by atomic mass is 35.5. The zero-order chi connectivity index (χ0) is 51.8. The van der Waals surface area contributed by atoms with Crippen molar-refractivity contribution in [2.24, 2.45) is 11.5 Å². The number of amides is 6. The van der Waals surface area contributed by atoms with E-state index in [0.29, 0.717) is 88.0 Å². The second kappa shape index (κ2) is 19.8. The molecular weight excluding hydrogens is 980 g/mol. The van der Waals surface area contributed by atoms with Crippen LogP contribution in [0.2, 0.25) is 10.0 Å². The summed E-state index contributed by atoms with van der Waals surface area (Å²) in [6, 6.07) is 32.9. The van der Waals surface area contributed by atoms with Crippen LogP contribution in [-0.4, -0.2) is 72.7 Å². The van der Waals surface area contributed by atoms with Gasteiger partial charge in [-0.05, 0) is 130 Å². The number of nitrogens with two attached hydrogens (primary N) is 2. The molecule has 6 amide bonds. The third-order valence-electron chi connectivity index (χ3n) is 12.0. The number of benzene rings is 8. The van der Waals surface area contributed by atoms with Gasteiger partial charge in [0.05, 0.1) is 61.0 Å². The number of ether oxygens (including phenoxy) is 4. The first-order valence-electron chi connectivity index (χ1n) is 21.8. The first-order chi connectivity index (χ1) is 35.1. The van der Waals surface area contributed by atoms with Crippen molar-refractivity contribution in [3.8, 4) is 79.7 Å². The highest BCUT2D eigenvalue weighted by Gasteiger charge is 2.28. The van der Waals surface area contributed by atoms with Gasteiger partial charge in [0.2, 0.25) is 11.8 Å². The summed E-state index contributed by atoms with van der Waals surface area (Å²) in [6.45, 7) is 0. The summed E-state index contributed by atoms with van der Waals surface area (Å²) in [5.41, 5.74) is 14.8. The van der Waals surface area contributed by atoms with Gasteiger partial charge in [-0.15, -0.1) is 10.2 Å². The molecule has 0 bridgehead atoms. The lowest BCUT2D eigenvalue weighted by atomic mass is 9.98. The Kier molecular flexibility index (Phi) is 13.2. The second-order valence-corrected chi connectivity index (χ2v) is 17.0. The number of carbonyl (C=O) groups is 4. The minimum absolute atomic E-state index is 0.0674. The van der Waals surface area contributed by atoms with Gasteiger partial charge in [0.1, 0.15) is 34.5 Å². The number of hydrogen-bond acceptors (Lipinski definition) is 13. The number of fused-ring (bicyclic) bond motifs is 2. The summed E-state index contributed by atoms with van der Waals surface area (Å²) in [7, 11) is 6.02. The van der Waals surface area contributed by atoms with E-state index in [1.165, 1.54) is 101 Å². The lowest BCUT2D eigenvalue weighted by Crippen LogP contribution is -2.40. The van der Waals surface area contributed by atoms with E-state index in [0.717, 1.165) is 9.80 Å². The first-order valence-corrected chi connectivity index (χ1v) is 22.6. The maximum atomic E-state index is 14.0. The molecule has 0 fully saturated rings. The monoisotopic (exact) mass is 1020 g/mol. The molecule has 0 unspecified atom stereocenters. The summed E-state index contributed by atoms with van der Waals surface area (Å²) < 4.78 is 27.8. The van der Waals surface area contributed by atoms with E-state index in [-0.39, 0.29) is 45.8 Å². The molecule has 0 saturated carbocycles. The Hall–Kier alpha value is -9.32. The van der Waals surface area contributed by atoms with Crippen LogP contribution < -0.4 is 40.2 Å². The smallest absolute Gasteiger partial charge is 0.326 e. The molecule has 0 aliphatic carbocycles. The van der Waals surface area contributed by atoms with Crippen LogP contribution in [0.3, 0.4) is 0 Å². The van der Waals surface area contributed by atoms with Crippen LogP contribution in [-0.2, 0) is 0 Å². The van der Waals surface area contributed by atoms with Gasteiger partial charge >= 0.3 is 12.1 Å². The molecular formula is C54H40Cl2N6O11. The van der Waals surface area contributed by atoms with Gasteiger partial charge in [0, 0.05) is 34.4 Å². The molecule has 366 valence electrons. The van der Waals surface area contributed by atoms with Gasteiger partial charge in [-0.25, -0.2) is 19.4 Å². The van der Waals surface area contributed by atoms with Gasteiger partial charge in [0.25, 0.3) is 11.8 Å². The van der Waals surface area contributed by atoms with Crippen LogP contribution in [0.15, 0.2) is 138 Å². The third kappa shape index (κ3) is 9.28. The van der Waals surface area contributed by atoms with Crippen molar-refractivity contribution in [3.05, 3.63) is 155 Å². The molecule has 17 nitrogen and oxygen atoms in total. The number of rotatable bonds is 12. The number of carbonyl (C=O) groups excluding carboxylic acids is 4. The van der Waals surface area contributed by atoms with E-state index < -0.39 is 23.9 Å². The van der Waals surface area contributed by atoms with Crippen molar-refractivity contribution in [1.29, 1.82) is 0 Å². The number of hydrogen-bond donors (Lipinski definition) is 4. The van der Waals surface area contributed by atoms with Crippen molar-refractivity contribution in [2.45, 2.75) is 0 Å². The molecule has 73 heavy (non-hydrogen) atoms. The Bertz CT molecular complexity index is 3460. The molecule has 0 radical (unpaired) electrons. The highest BCUT2D eigenvalue weighted by molar-refractivity contribution is 6.33. The molecule has 9 rings (SSSR count). The number of methoxy groups -OCH3 is 4. The number of imide groups is 2. The minimum Gasteiger partial charge on any atom is -0.507 e. The number of aromatic hydroxyl groups is 2. The molecule has 1 heterocycles. The van der Waals surface area contributed by atoms with Crippen LogP contribution in [0.1, 0.15) is 20.7 Å². The highest BCUT2D eigenvalue weighted by Crippen LogP contribution is 2.42. The Labute approximate surface area is 425 Å². The fraction of sp³-hybridized carbons (Fsp3) is 0.0741. The van der Waals surface area contributed by atoms with Crippen molar-refractivity contribution in [1.82, 2.24) is 10.2 Å². The number of urea groups is 2. The van der Waals surface area contributed by atoms with E-state index >= 15 is 0 Å². The Morgan fingerprint density at radius 1 is 0.466 bits per heavy atom. The molecule has 1 aromatic heterocycles. The average molecular weight is 1020 g/mol. The van der Waals surface area contributed by atoms with Crippen LogP contribution in [0.25, 0.3) is 66.7 Å². The molecule has 0 aliphatic heterocycles. The maximum absolute atomic E-state index is 14.0. The van der Waals surface area contributed by atoms with Gasteiger partial charge in [0.15, 0.2) is 0 Å². The van der Waals surface area contributed by atoms with Crippen molar-refractivity contribution < 1.29 is 52.8 Å². The maximum Gasteiger partial charge on any atom is 0.326 e. The lowest BCUT2D eigenvalue weighted by Gasteiger charge is -2.20. The zero-order valence-electron chi connectivity index (χ0n) is 39.0. The fourth-order valence-corrected chi connectivity index (χ4v) is 8.79. The number of phenolic OH excluding ortho intramolecular Hbond substituents is 2. The Morgan fingerprint density at radius 3 is 1.16 bits per heavy atom. The molecule has 9 aromatic rings. The Balaban J connectivity index is 0.932. The fourth-order valence-electron chi connectivity index (χ4n) is 8.31. The summed E-state index contributed by atoms with van der Waals surface area (Å²) >= 11 is 12.9. The predicted octanol–water partition coefficient (Wildman–Crippen LogP) is 11.2. The second-order valence-electron chi connectivity index (χ2n) is 16.2. The zero-order valence-corrected chi connectivity index (χ0v) is 40.5. The molecule has 0 atom stereocenters. The summed E-state index contributed by atoms with van der Waals surface area (Å²) in [5, 5.41) is 33.4. The van der Waals surface area contributed by atoms with E-state index in [1.54, 1.807) is 48.5 Å². The third-order valence-corrected chi connectivity index (χ3v) is 12.5. The van der Waals surface area contributed by atoms with Crippen LogP contribution in [0, 0.1) is 0 Å². The SMILES string of the molecule is COc1cc(OC)c(-c2ccc3cc(O)c(C(=O)N(C(N)=O)c4ccc(-c5nnc(-c6ccc(N(C(N)=O)C(=O)c7cc8cc(-c9cc(Cl)c(OC)cc9OC)ccc8cc7O)cc6)o5)cc4)cc3c2)cc1Cl. The molecule has 8 aromatic carbocycles. The lowest BCUT2D eigenvalue weighted by molar-refractivity contribution is 0.0983. The molecule has 0 spiro atoms. The number of anilines is 2.